The van der Waals surface area contributed by atoms with E-state index in [0.717, 1.165) is 23.0 Å². The summed E-state index contributed by atoms with van der Waals surface area (Å²) in [5.74, 6) is 2.97. The zero-order valence-electron chi connectivity index (χ0n) is 15.7. The minimum atomic E-state index is -0.366. The Labute approximate surface area is 163 Å². The Bertz CT molecular complexity index is 900. The van der Waals surface area contributed by atoms with E-state index in [4.69, 9.17) is 4.42 Å². The maximum Gasteiger partial charge on any atom is 0.226 e. The molecule has 1 saturated heterocycles. The zero-order chi connectivity index (χ0) is 19.3. The van der Waals surface area contributed by atoms with E-state index in [9.17, 15) is 5.11 Å². The molecule has 0 amide bonds. The van der Waals surface area contributed by atoms with Gasteiger partial charge in [-0.1, -0.05) is 18.2 Å². The molecule has 28 heavy (non-hydrogen) atoms. The van der Waals surface area contributed by atoms with Gasteiger partial charge in [0.05, 0.1) is 18.8 Å². The van der Waals surface area contributed by atoms with Crippen molar-refractivity contribution in [3.05, 3.63) is 54.7 Å². The van der Waals surface area contributed by atoms with E-state index >= 15 is 0 Å². The summed E-state index contributed by atoms with van der Waals surface area (Å²) in [4.78, 5) is 15.0. The second-order valence-electron chi connectivity index (χ2n) is 6.84. The van der Waals surface area contributed by atoms with E-state index in [-0.39, 0.29) is 12.1 Å². The number of anilines is 2. The summed E-state index contributed by atoms with van der Waals surface area (Å²) >= 11 is 0. The summed E-state index contributed by atoms with van der Waals surface area (Å²) in [6.07, 6.45) is 3.61. The van der Waals surface area contributed by atoms with Crippen molar-refractivity contribution in [2.24, 2.45) is 0 Å². The summed E-state index contributed by atoms with van der Waals surface area (Å²) in [5.41, 5.74) is 0.961. The van der Waals surface area contributed by atoms with Crippen molar-refractivity contribution in [1.29, 1.82) is 0 Å². The Morgan fingerprint density at radius 2 is 2.07 bits per heavy atom. The lowest BCUT2D eigenvalue weighted by molar-refractivity contribution is 0.194. The molecule has 3 N–H and O–H groups in total. The molecule has 1 fully saturated rings. The molecule has 0 saturated carbocycles. The second-order valence-corrected chi connectivity index (χ2v) is 6.84. The summed E-state index contributed by atoms with van der Waals surface area (Å²) in [6.45, 7) is 1.84. The van der Waals surface area contributed by atoms with Gasteiger partial charge < -0.3 is 25.1 Å². The summed E-state index contributed by atoms with van der Waals surface area (Å²) in [6, 6.07) is 11.9. The topological polar surface area (TPSA) is 99.3 Å². The van der Waals surface area contributed by atoms with E-state index in [1.807, 2.05) is 43.4 Å². The molecule has 2 atom stereocenters. The maximum absolute atomic E-state index is 10.1. The first-order valence-electron chi connectivity index (χ1n) is 9.38. The highest BCUT2D eigenvalue weighted by molar-refractivity contribution is 5.52. The fourth-order valence-electron chi connectivity index (χ4n) is 3.47. The van der Waals surface area contributed by atoms with Gasteiger partial charge in [0.15, 0.2) is 0 Å². The number of nitrogens with zero attached hydrogens (tertiary/aromatic N) is 4. The minimum Gasteiger partial charge on any atom is -0.440 e. The van der Waals surface area contributed by atoms with Crippen LogP contribution in [0.15, 0.2) is 53.3 Å². The van der Waals surface area contributed by atoms with Gasteiger partial charge in [-0.3, -0.25) is 0 Å². The molecule has 4 rings (SSSR count). The number of hydrogen-bond donors (Lipinski definition) is 3. The first-order valence-corrected chi connectivity index (χ1v) is 9.38. The van der Waals surface area contributed by atoms with Crippen molar-refractivity contribution in [3.8, 4) is 11.5 Å². The molecular formula is C20H24N6O2. The number of nitrogens with one attached hydrogen (secondary N) is 2. The van der Waals surface area contributed by atoms with Gasteiger partial charge in [-0.15, -0.1) is 0 Å². The van der Waals surface area contributed by atoms with Crippen LogP contribution in [0.25, 0.3) is 11.5 Å². The predicted molar refractivity (Wildman–Crippen MR) is 107 cm³/mol. The second kappa shape index (κ2) is 8.37. The zero-order valence-corrected chi connectivity index (χ0v) is 15.7. The Kier molecular flexibility index (Phi) is 5.50. The molecule has 0 bridgehead atoms. The molecule has 146 valence electrons. The molecule has 1 aliphatic heterocycles. The first kappa shape index (κ1) is 18.4. The average molecular weight is 380 g/mol. The Balaban J connectivity index is 1.36. The monoisotopic (exact) mass is 380 g/mol. The molecule has 3 heterocycles. The number of aliphatic hydroxyl groups excluding tert-OH is 1. The van der Waals surface area contributed by atoms with Crippen LogP contribution < -0.4 is 15.5 Å². The molecule has 0 radical (unpaired) electrons. The van der Waals surface area contributed by atoms with E-state index in [1.165, 1.54) is 6.33 Å². The lowest BCUT2D eigenvalue weighted by Crippen LogP contribution is -2.38. The van der Waals surface area contributed by atoms with Crippen molar-refractivity contribution >= 4 is 11.6 Å². The lowest BCUT2D eigenvalue weighted by atomic mass is 10.2. The number of aromatic nitrogens is 3. The maximum atomic E-state index is 10.1. The molecule has 0 aliphatic carbocycles. The Hall–Kier alpha value is -2.97. The van der Waals surface area contributed by atoms with Crippen molar-refractivity contribution < 1.29 is 9.52 Å². The number of hydrogen-bond acceptors (Lipinski definition) is 8. The van der Waals surface area contributed by atoms with Gasteiger partial charge in [-0.05, 0) is 18.6 Å². The predicted octanol–water partition coefficient (Wildman–Crippen LogP) is 1.90. The van der Waals surface area contributed by atoms with Gasteiger partial charge in [-0.25, -0.2) is 15.0 Å². The standard InChI is InChI=1S/C20H24N6O2/c1-21-18-8-19(25-13-24-18)26-12-16(27)7-15(26)9-22-10-17-11-23-20(28-17)14-5-3-2-4-6-14/h2-6,8,11,13,15-16,22,27H,7,9-10,12H2,1H3,(H,21,24,25)/t15-,16-/m1/s1. The fraction of sp³-hybridized carbons (Fsp3) is 0.350. The van der Waals surface area contributed by atoms with Gasteiger partial charge >= 0.3 is 0 Å². The highest BCUT2D eigenvalue weighted by Gasteiger charge is 2.31. The van der Waals surface area contributed by atoms with Crippen LogP contribution in [0.3, 0.4) is 0 Å². The van der Waals surface area contributed by atoms with Crippen molar-refractivity contribution in [3.63, 3.8) is 0 Å². The van der Waals surface area contributed by atoms with Crippen LogP contribution in [0.5, 0.6) is 0 Å². The molecule has 1 aromatic carbocycles. The smallest absolute Gasteiger partial charge is 0.226 e. The van der Waals surface area contributed by atoms with Gasteiger partial charge in [0.25, 0.3) is 0 Å². The van der Waals surface area contributed by atoms with E-state index in [1.54, 1.807) is 6.20 Å². The van der Waals surface area contributed by atoms with Crippen LogP contribution in [0, 0.1) is 0 Å². The number of benzene rings is 1. The van der Waals surface area contributed by atoms with E-state index in [2.05, 4.69) is 30.5 Å². The SMILES string of the molecule is CNc1cc(N2C[C@H](O)C[C@@H]2CNCc2cnc(-c3ccccc3)o2)ncn1. The van der Waals surface area contributed by atoms with Crippen LogP contribution in [0.2, 0.25) is 0 Å². The van der Waals surface area contributed by atoms with Gasteiger partial charge in [-0.2, -0.15) is 0 Å². The van der Waals surface area contributed by atoms with Crippen molar-refractivity contribution in [2.75, 3.05) is 30.4 Å². The fourth-order valence-corrected chi connectivity index (χ4v) is 3.47. The number of oxazole rings is 1. The Morgan fingerprint density at radius 1 is 1.21 bits per heavy atom. The third-order valence-electron chi connectivity index (χ3n) is 4.85. The normalized spacial score (nSPS) is 19.1. The van der Waals surface area contributed by atoms with Crippen LogP contribution in [0.4, 0.5) is 11.6 Å². The number of aliphatic hydroxyl groups is 1. The first-order chi connectivity index (χ1) is 13.7. The molecule has 8 nitrogen and oxygen atoms in total. The van der Waals surface area contributed by atoms with Gasteiger partial charge in [0.2, 0.25) is 5.89 Å². The number of rotatable bonds is 7. The molecule has 8 heteroatoms. The quantitative estimate of drug-likeness (QED) is 0.572. The largest absolute Gasteiger partial charge is 0.440 e. The summed E-state index contributed by atoms with van der Waals surface area (Å²) in [5, 5.41) is 16.6. The van der Waals surface area contributed by atoms with Crippen LogP contribution >= 0.6 is 0 Å². The van der Waals surface area contributed by atoms with Crippen LogP contribution in [-0.4, -0.2) is 52.3 Å². The van der Waals surface area contributed by atoms with Crippen molar-refractivity contribution in [1.82, 2.24) is 20.3 Å². The molecule has 3 aromatic rings. The van der Waals surface area contributed by atoms with Crippen LogP contribution in [0.1, 0.15) is 12.2 Å². The molecule has 1 aliphatic rings. The molecule has 0 unspecified atom stereocenters. The van der Waals surface area contributed by atoms with Crippen molar-refractivity contribution in [2.45, 2.75) is 25.1 Å². The van der Waals surface area contributed by atoms with Gasteiger partial charge in [0, 0.05) is 37.8 Å². The average Bonchev–Trinajstić information content (AvgIpc) is 3.35. The van der Waals surface area contributed by atoms with Gasteiger partial charge in [0.1, 0.15) is 23.7 Å². The number of β-amino-alcohol motifs (C(OH)–C–C–N with tert-alkyl or cyclic N) is 1. The Morgan fingerprint density at radius 3 is 2.89 bits per heavy atom. The summed E-state index contributed by atoms with van der Waals surface area (Å²) in [7, 11) is 1.82. The highest BCUT2D eigenvalue weighted by Crippen LogP contribution is 2.25. The third-order valence-corrected chi connectivity index (χ3v) is 4.85. The van der Waals surface area contributed by atoms with E-state index in [0.29, 0.717) is 31.9 Å². The molecule has 2 aromatic heterocycles. The summed E-state index contributed by atoms with van der Waals surface area (Å²) < 4.78 is 5.83. The highest BCUT2D eigenvalue weighted by atomic mass is 16.4. The lowest BCUT2D eigenvalue weighted by Gasteiger charge is -2.25. The van der Waals surface area contributed by atoms with E-state index < -0.39 is 0 Å². The third kappa shape index (κ3) is 4.13. The molecular weight excluding hydrogens is 356 g/mol. The van der Waals surface area contributed by atoms with Crippen LogP contribution in [-0.2, 0) is 6.54 Å². The minimum absolute atomic E-state index is 0.145. The molecule has 0 spiro atoms.